The first-order valence-electron chi connectivity index (χ1n) is 6.82. The molecule has 0 bridgehead atoms. The fraction of sp³-hybridized carbons (Fsp3) is 0.529. The summed E-state index contributed by atoms with van der Waals surface area (Å²) < 4.78 is 32.5. The highest BCUT2D eigenvalue weighted by molar-refractivity contribution is 5.33. The molecule has 2 rings (SSSR count). The second-order valence-corrected chi connectivity index (χ2v) is 5.12. The van der Waals surface area contributed by atoms with E-state index in [1.165, 1.54) is 13.2 Å². The van der Waals surface area contributed by atoms with Crippen LogP contribution >= 0.6 is 0 Å². The average Bonchev–Trinajstić information content (AvgIpc) is 2.43. The van der Waals surface area contributed by atoms with Gasteiger partial charge in [0.1, 0.15) is 0 Å². The van der Waals surface area contributed by atoms with E-state index in [1.54, 1.807) is 6.07 Å². The molecule has 0 unspecified atom stereocenters. The van der Waals surface area contributed by atoms with Crippen molar-refractivity contribution in [1.82, 2.24) is 0 Å². The summed E-state index contributed by atoms with van der Waals surface area (Å²) >= 11 is 0. The molecule has 1 aromatic carbocycles. The molecule has 0 spiro atoms. The van der Waals surface area contributed by atoms with Crippen molar-refractivity contribution in [2.45, 2.75) is 46.0 Å². The van der Waals surface area contributed by atoms with Gasteiger partial charge in [-0.2, -0.15) is 4.39 Å². The lowest BCUT2D eigenvalue weighted by atomic mass is 9.78. The molecule has 1 saturated carbocycles. The van der Waals surface area contributed by atoms with Crippen molar-refractivity contribution in [3.63, 3.8) is 0 Å². The highest BCUT2D eigenvalue weighted by atomic mass is 19.2. The molecule has 0 atom stereocenters. The van der Waals surface area contributed by atoms with E-state index >= 15 is 0 Å². The minimum Gasteiger partial charge on any atom is -0.494 e. The summed E-state index contributed by atoms with van der Waals surface area (Å²) in [6.45, 7) is 2.02. The number of ether oxygens (including phenoxy) is 1. The Morgan fingerprint density at radius 1 is 1.15 bits per heavy atom. The lowest BCUT2D eigenvalue weighted by molar-refractivity contribution is 0.349. The van der Waals surface area contributed by atoms with Gasteiger partial charge in [-0.1, -0.05) is 25.6 Å². The molecule has 0 amide bonds. The second-order valence-electron chi connectivity index (χ2n) is 5.12. The number of methoxy groups -OCH3 is 1. The molecule has 0 saturated heterocycles. The minimum absolute atomic E-state index is 0. The first-order chi connectivity index (χ1) is 9.17. The molecule has 1 aromatic rings. The molecule has 0 N–H and O–H groups in total. The van der Waals surface area contributed by atoms with E-state index in [4.69, 9.17) is 4.74 Å². The van der Waals surface area contributed by atoms with Gasteiger partial charge in [0.25, 0.3) is 0 Å². The van der Waals surface area contributed by atoms with Crippen LogP contribution in [0.5, 0.6) is 5.75 Å². The molecule has 1 aliphatic carbocycles. The third-order valence-corrected chi connectivity index (χ3v) is 3.97. The smallest absolute Gasteiger partial charge is 0.200 e. The number of allylic oxidation sites excluding steroid dienone is 2. The Hall–Kier alpha value is -1.38. The van der Waals surface area contributed by atoms with Gasteiger partial charge in [-0.25, -0.2) is 4.39 Å². The fourth-order valence-corrected chi connectivity index (χ4v) is 2.91. The molecule has 0 aromatic heterocycles. The van der Waals surface area contributed by atoms with Gasteiger partial charge in [-0.3, -0.25) is 0 Å². The second kappa shape index (κ2) is 7.41. The zero-order valence-electron chi connectivity index (χ0n) is 11.5. The van der Waals surface area contributed by atoms with Crippen molar-refractivity contribution in [2.75, 3.05) is 7.11 Å². The highest BCUT2D eigenvalue weighted by Crippen LogP contribution is 2.38. The predicted molar refractivity (Wildman–Crippen MR) is 81.3 cm³/mol. The van der Waals surface area contributed by atoms with Gasteiger partial charge in [0.2, 0.25) is 5.82 Å². The summed E-state index contributed by atoms with van der Waals surface area (Å²) in [6, 6.07) is 3.18. The third-order valence-electron chi connectivity index (χ3n) is 3.97. The quantitative estimate of drug-likeness (QED) is 0.646. The monoisotopic (exact) mass is 284 g/mol. The summed E-state index contributed by atoms with van der Waals surface area (Å²) in [5.41, 5.74) is 0.497. The van der Waals surface area contributed by atoms with Gasteiger partial charge in [0.05, 0.1) is 7.11 Å². The zero-order valence-corrected chi connectivity index (χ0v) is 11.5. The predicted octanol–water partition coefficient (Wildman–Crippen LogP) is 5.71. The van der Waals surface area contributed by atoms with Crippen LogP contribution in [-0.4, -0.2) is 7.11 Å². The number of hydrogen-bond acceptors (Lipinski definition) is 1. The number of hydrogen-bond donors (Lipinski definition) is 0. The minimum atomic E-state index is -0.865. The lowest BCUT2D eigenvalue weighted by Gasteiger charge is -2.27. The number of benzene rings is 1. The maximum Gasteiger partial charge on any atom is 0.200 e. The molecule has 0 radical (unpaired) electrons. The average molecular weight is 284 g/mol. The molecule has 0 heterocycles. The Balaban J connectivity index is 0.00000200. The first-order valence-corrected chi connectivity index (χ1v) is 6.82. The molecule has 1 fully saturated rings. The zero-order chi connectivity index (χ0) is 13.8. The van der Waals surface area contributed by atoms with Crippen LogP contribution in [0.3, 0.4) is 0 Å². The molecule has 0 aliphatic heterocycles. The van der Waals surface area contributed by atoms with Crippen molar-refractivity contribution >= 4 is 0 Å². The molecule has 1 nitrogen and oxygen atoms in total. The standard InChI is InChI=1S/C16H20F2O.CH4.H2/c1-3-4-11-5-7-12(8-6-11)13-9-10-14(19-2)16(18)15(13)17;;/h3-4,9-12H,5-8H2,1-2H3;1H4;1H/b4-3+;;. The molecule has 20 heavy (non-hydrogen) atoms. The Labute approximate surface area is 122 Å². The van der Waals surface area contributed by atoms with Gasteiger partial charge in [0, 0.05) is 1.43 Å². The van der Waals surface area contributed by atoms with Gasteiger partial charge < -0.3 is 4.74 Å². The van der Waals surface area contributed by atoms with Crippen LogP contribution in [0.15, 0.2) is 24.3 Å². The Bertz CT molecular complexity index is 466. The van der Waals surface area contributed by atoms with Gasteiger partial charge >= 0.3 is 0 Å². The molecule has 1 aliphatic rings. The summed E-state index contributed by atoms with van der Waals surface area (Å²) in [6.07, 6.45) is 8.19. The van der Waals surface area contributed by atoms with Crippen molar-refractivity contribution in [3.8, 4) is 5.75 Å². The van der Waals surface area contributed by atoms with Crippen molar-refractivity contribution < 1.29 is 14.9 Å². The normalized spacial score (nSPS) is 22.6. The largest absolute Gasteiger partial charge is 0.494 e. The van der Waals surface area contributed by atoms with Crippen LogP contribution in [0.2, 0.25) is 0 Å². The Kier molecular flexibility index (Phi) is 6.18. The van der Waals surface area contributed by atoms with E-state index in [9.17, 15) is 8.78 Å². The number of rotatable bonds is 3. The van der Waals surface area contributed by atoms with Crippen LogP contribution < -0.4 is 4.74 Å². The third kappa shape index (κ3) is 3.38. The van der Waals surface area contributed by atoms with E-state index < -0.39 is 11.6 Å². The molecular weight excluding hydrogens is 258 g/mol. The lowest BCUT2D eigenvalue weighted by Crippen LogP contribution is -2.13. The Morgan fingerprint density at radius 2 is 1.80 bits per heavy atom. The summed E-state index contributed by atoms with van der Waals surface area (Å²) in [7, 11) is 1.35. The summed E-state index contributed by atoms with van der Waals surface area (Å²) in [5.74, 6) is -0.914. The first kappa shape index (κ1) is 16.7. The maximum atomic E-state index is 14.0. The van der Waals surface area contributed by atoms with E-state index in [1.807, 2.05) is 6.92 Å². The molecular formula is C17H26F2O. The van der Waals surface area contributed by atoms with Crippen LogP contribution in [-0.2, 0) is 0 Å². The number of halogens is 2. The summed E-state index contributed by atoms with van der Waals surface area (Å²) in [5, 5.41) is 0. The topological polar surface area (TPSA) is 9.23 Å². The van der Waals surface area contributed by atoms with Crippen LogP contribution in [0.1, 0.15) is 52.9 Å². The maximum absolute atomic E-state index is 14.0. The summed E-state index contributed by atoms with van der Waals surface area (Å²) in [4.78, 5) is 0. The van der Waals surface area contributed by atoms with Crippen LogP contribution in [0, 0.1) is 17.6 Å². The highest BCUT2D eigenvalue weighted by Gasteiger charge is 2.25. The van der Waals surface area contributed by atoms with Gasteiger partial charge in [-0.15, -0.1) is 0 Å². The van der Waals surface area contributed by atoms with E-state index in [0.717, 1.165) is 25.7 Å². The molecule has 3 heteroatoms. The van der Waals surface area contributed by atoms with Crippen LogP contribution in [0.4, 0.5) is 8.78 Å². The van der Waals surface area contributed by atoms with Gasteiger partial charge in [0.15, 0.2) is 11.6 Å². The van der Waals surface area contributed by atoms with Crippen LogP contribution in [0.25, 0.3) is 0 Å². The molecule has 114 valence electrons. The van der Waals surface area contributed by atoms with Gasteiger partial charge in [-0.05, 0) is 56.1 Å². The van der Waals surface area contributed by atoms with Crippen molar-refractivity contribution in [2.24, 2.45) is 5.92 Å². The van der Waals surface area contributed by atoms with E-state index in [-0.39, 0.29) is 20.5 Å². The van der Waals surface area contributed by atoms with E-state index in [0.29, 0.717) is 11.5 Å². The van der Waals surface area contributed by atoms with Crippen molar-refractivity contribution in [3.05, 3.63) is 41.5 Å². The fourth-order valence-electron chi connectivity index (χ4n) is 2.91. The SMILES string of the molecule is C.C/C=C/C1CCC(c2ccc(OC)c(F)c2F)CC1.[HH]. The van der Waals surface area contributed by atoms with Crippen molar-refractivity contribution in [1.29, 1.82) is 0 Å². The Morgan fingerprint density at radius 3 is 2.35 bits per heavy atom. The van der Waals surface area contributed by atoms with E-state index in [2.05, 4.69) is 12.2 Å².